The van der Waals surface area contributed by atoms with Gasteiger partial charge in [0.15, 0.2) is 5.65 Å². The molecule has 1 saturated carbocycles. The van der Waals surface area contributed by atoms with Crippen LogP contribution in [0.1, 0.15) is 19.3 Å². The third-order valence-corrected chi connectivity index (χ3v) is 5.90. The van der Waals surface area contributed by atoms with Gasteiger partial charge in [0.2, 0.25) is 5.91 Å². The zero-order chi connectivity index (χ0) is 21.4. The van der Waals surface area contributed by atoms with E-state index in [2.05, 4.69) is 20.2 Å². The molecule has 0 unspecified atom stereocenters. The highest BCUT2D eigenvalue weighted by molar-refractivity contribution is 5.88. The van der Waals surface area contributed by atoms with Gasteiger partial charge in [-0.15, -0.1) is 4.73 Å². The molecular formula is C22H24N6O3. The average molecular weight is 420 g/mol. The van der Waals surface area contributed by atoms with Crippen LogP contribution in [0.3, 0.4) is 0 Å². The maximum Gasteiger partial charge on any atom is 0.384 e. The van der Waals surface area contributed by atoms with Gasteiger partial charge in [-0.2, -0.15) is 4.98 Å². The molecule has 2 fully saturated rings. The summed E-state index contributed by atoms with van der Waals surface area (Å²) in [4.78, 5) is 36.6. The Labute approximate surface area is 178 Å². The number of amides is 1. The number of piperazine rings is 1. The number of aromatic nitrogens is 3. The Hall–Kier alpha value is -3.62. The summed E-state index contributed by atoms with van der Waals surface area (Å²) in [6.45, 7) is 3.03. The van der Waals surface area contributed by atoms with Crippen LogP contribution in [0.2, 0.25) is 0 Å². The summed E-state index contributed by atoms with van der Waals surface area (Å²) in [5.41, 5.74) is 1.17. The van der Waals surface area contributed by atoms with Crippen LogP contribution in [0.15, 0.2) is 47.4 Å². The minimum absolute atomic E-state index is 0.146. The average Bonchev–Trinajstić information content (AvgIpc) is 3.62. The molecule has 160 valence electrons. The predicted octanol–water partition coefficient (Wildman–Crippen LogP) is 2.22. The van der Waals surface area contributed by atoms with E-state index in [9.17, 15) is 14.8 Å². The molecule has 9 heteroatoms. The Balaban J connectivity index is 1.31. The van der Waals surface area contributed by atoms with Crippen LogP contribution in [0.4, 0.5) is 17.2 Å². The van der Waals surface area contributed by atoms with Crippen molar-refractivity contribution in [2.24, 2.45) is 5.92 Å². The fourth-order valence-electron chi connectivity index (χ4n) is 3.97. The number of hydrogen-bond donors (Lipinski definition) is 2. The van der Waals surface area contributed by atoms with Crippen molar-refractivity contribution in [1.82, 2.24) is 19.6 Å². The lowest BCUT2D eigenvalue weighted by molar-refractivity contribution is -0.131. The Morgan fingerprint density at radius 1 is 1.13 bits per heavy atom. The van der Waals surface area contributed by atoms with E-state index in [4.69, 9.17) is 0 Å². The number of carbonyl (C=O) groups is 1. The molecule has 31 heavy (non-hydrogen) atoms. The molecule has 9 nitrogen and oxygen atoms in total. The van der Waals surface area contributed by atoms with Gasteiger partial charge in [-0.1, -0.05) is 6.07 Å². The molecule has 3 heterocycles. The van der Waals surface area contributed by atoms with Gasteiger partial charge in [0.25, 0.3) is 0 Å². The first-order chi connectivity index (χ1) is 15.1. The van der Waals surface area contributed by atoms with Crippen LogP contribution in [-0.2, 0) is 4.79 Å². The smallest absolute Gasteiger partial charge is 0.384 e. The Kier molecular flexibility index (Phi) is 4.93. The van der Waals surface area contributed by atoms with Crippen molar-refractivity contribution in [3.8, 4) is 0 Å². The van der Waals surface area contributed by atoms with Crippen molar-refractivity contribution < 1.29 is 10.0 Å². The molecule has 5 rings (SSSR count). The molecule has 0 spiro atoms. The van der Waals surface area contributed by atoms with E-state index in [1.165, 1.54) is 19.0 Å². The fraction of sp³-hybridized carbons (Fsp3) is 0.364. The molecule has 3 aromatic rings. The van der Waals surface area contributed by atoms with Crippen LogP contribution >= 0.6 is 0 Å². The van der Waals surface area contributed by atoms with Gasteiger partial charge in [-0.3, -0.25) is 4.79 Å². The van der Waals surface area contributed by atoms with E-state index in [0.717, 1.165) is 37.6 Å². The second kappa shape index (κ2) is 7.90. The molecule has 1 saturated heterocycles. The Morgan fingerprint density at radius 3 is 2.71 bits per heavy atom. The van der Waals surface area contributed by atoms with Gasteiger partial charge in [0.1, 0.15) is 5.82 Å². The maximum atomic E-state index is 12.3. The second-order valence-electron chi connectivity index (χ2n) is 8.12. The number of anilines is 3. The molecule has 2 aromatic heterocycles. The quantitative estimate of drug-likeness (QED) is 0.610. The van der Waals surface area contributed by atoms with Crippen molar-refractivity contribution in [2.75, 3.05) is 36.4 Å². The standard InChI is InChI=1S/C22H24N6O3/c29-19(13-15-6-7-15)27-11-9-26(10-12-27)17-4-1-3-16(14-17)24-20-18-5-2-8-23-21(18)28(31)22(30)25-20/h1-5,8,14-15,31H,6-7,9-13H2,(H,24,25,30). The Bertz CT molecular complexity index is 1180. The SMILES string of the molecule is O=C(CC1CC1)N1CCN(c2cccc(Nc3nc(=O)n(O)c4ncccc34)c2)CC1. The number of fused-ring (bicyclic) bond motifs is 1. The number of nitrogens with zero attached hydrogens (tertiary/aromatic N) is 5. The van der Waals surface area contributed by atoms with Crippen LogP contribution in [-0.4, -0.2) is 56.9 Å². The highest BCUT2D eigenvalue weighted by atomic mass is 16.5. The zero-order valence-electron chi connectivity index (χ0n) is 17.1. The van der Waals surface area contributed by atoms with Gasteiger partial charge in [-0.05, 0) is 49.1 Å². The summed E-state index contributed by atoms with van der Waals surface area (Å²) in [6, 6.07) is 11.3. The van der Waals surface area contributed by atoms with Crippen LogP contribution in [0, 0.1) is 5.92 Å². The van der Waals surface area contributed by atoms with Crippen molar-refractivity contribution in [3.63, 3.8) is 0 Å². The minimum Gasteiger partial charge on any atom is -0.422 e. The van der Waals surface area contributed by atoms with Crippen molar-refractivity contribution >= 4 is 34.1 Å². The first-order valence-corrected chi connectivity index (χ1v) is 10.6. The number of nitrogens with one attached hydrogen (secondary N) is 1. The predicted molar refractivity (Wildman–Crippen MR) is 117 cm³/mol. The number of carbonyl (C=O) groups excluding carboxylic acids is 1. The van der Waals surface area contributed by atoms with Crippen molar-refractivity contribution in [3.05, 3.63) is 53.1 Å². The molecule has 1 aliphatic carbocycles. The van der Waals surface area contributed by atoms with Gasteiger partial charge in [0, 0.05) is 50.2 Å². The third-order valence-electron chi connectivity index (χ3n) is 5.90. The fourth-order valence-corrected chi connectivity index (χ4v) is 3.97. The van der Waals surface area contributed by atoms with E-state index in [1.807, 2.05) is 29.2 Å². The lowest BCUT2D eigenvalue weighted by Gasteiger charge is -2.36. The number of hydrogen-bond acceptors (Lipinski definition) is 7. The van der Waals surface area contributed by atoms with E-state index in [1.54, 1.807) is 12.1 Å². The van der Waals surface area contributed by atoms with Crippen LogP contribution in [0.25, 0.3) is 11.0 Å². The van der Waals surface area contributed by atoms with E-state index >= 15 is 0 Å². The molecule has 1 amide bonds. The first-order valence-electron chi connectivity index (χ1n) is 10.6. The van der Waals surface area contributed by atoms with E-state index in [-0.39, 0.29) is 11.6 Å². The third kappa shape index (κ3) is 4.03. The molecule has 1 aliphatic heterocycles. The topological polar surface area (TPSA) is 104 Å². The molecule has 2 aliphatic rings. The summed E-state index contributed by atoms with van der Waals surface area (Å²) < 4.78 is 0.445. The number of rotatable bonds is 5. The minimum atomic E-state index is -0.795. The molecule has 1 aromatic carbocycles. The number of pyridine rings is 1. The summed E-state index contributed by atoms with van der Waals surface area (Å²) in [7, 11) is 0. The summed E-state index contributed by atoms with van der Waals surface area (Å²) in [5, 5.41) is 13.6. The van der Waals surface area contributed by atoms with E-state index < -0.39 is 5.69 Å². The van der Waals surface area contributed by atoms with E-state index in [0.29, 0.717) is 28.3 Å². The van der Waals surface area contributed by atoms with Gasteiger partial charge >= 0.3 is 5.69 Å². The summed E-state index contributed by atoms with van der Waals surface area (Å²) in [6.07, 6.45) is 4.59. The Morgan fingerprint density at radius 2 is 1.94 bits per heavy atom. The normalized spacial score (nSPS) is 16.5. The molecule has 2 N–H and O–H groups in total. The van der Waals surface area contributed by atoms with Crippen molar-refractivity contribution in [2.45, 2.75) is 19.3 Å². The summed E-state index contributed by atoms with van der Waals surface area (Å²) >= 11 is 0. The number of benzene rings is 1. The highest BCUT2D eigenvalue weighted by Crippen LogP contribution is 2.33. The van der Waals surface area contributed by atoms with Gasteiger partial charge in [-0.25, -0.2) is 9.78 Å². The largest absolute Gasteiger partial charge is 0.422 e. The van der Waals surface area contributed by atoms with Crippen LogP contribution < -0.4 is 15.9 Å². The molecule has 0 bridgehead atoms. The highest BCUT2D eigenvalue weighted by Gasteiger charge is 2.28. The first kappa shape index (κ1) is 19.3. The van der Waals surface area contributed by atoms with Gasteiger partial charge < -0.3 is 20.3 Å². The lowest BCUT2D eigenvalue weighted by Crippen LogP contribution is -2.48. The molecule has 0 atom stereocenters. The second-order valence-corrected chi connectivity index (χ2v) is 8.12. The van der Waals surface area contributed by atoms with Crippen LogP contribution in [0.5, 0.6) is 0 Å². The summed E-state index contributed by atoms with van der Waals surface area (Å²) in [5.74, 6) is 1.23. The molecule has 0 radical (unpaired) electrons. The van der Waals surface area contributed by atoms with Gasteiger partial charge in [0.05, 0.1) is 5.39 Å². The lowest BCUT2D eigenvalue weighted by atomic mass is 10.2. The molecular weight excluding hydrogens is 396 g/mol. The maximum absolute atomic E-state index is 12.3. The monoisotopic (exact) mass is 420 g/mol. The zero-order valence-corrected chi connectivity index (χ0v) is 17.1. The van der Waals surface area contributed by atoms with Crippen molar-refractivity contribution in [1.29, 1.82) is 0 Å².